The number of hydrogen-bond donors (Lipinski definition) is 1. The summed E-state index contributed by atoms with van der Waals surface area (Å²) >= 11 is 0. The van der Waals surface area contributed by atoms with E-state index in [4.69, 9.17) is 0 Å². The summed E-state index contributed by atoms with van der Waals surface area (Å²) < 4.78 is 0. The van der Waals surface area contributed by atoms with Crippen LogP contribution in [-0.2, 0) is 6.54 Å². The molecule has 0 heterocycles. The van der Waals surface area contributed by atoms with Crippen molar-refractivity contribution in [3.05, 3.63) is 66.2 Å². The second-order valence-electron chi connectivity index (χ2n) is 5.77. The van der Waals surface area contributed by atoms with E-state index in [0.29, 0.717) is 5.92 Å². The number of nitrogens with zero attached hydrogens (tertiary/aromatic N) is 1. The zero-order valence-corrected chi connectivity index (χ0v) is 13.1. The van der Waals surface area contributed by atoms with Gasteiger partial charge in [0.05, 0.1) is 0 Å². The summed E-state index contributed by atoms with van der Waals surface area (Å²) in [7, 11) is 2.17. The Bertz CT molecular complexity index is 495. The Balaban J connectivity index is 1.64. The normalized spacial score (nSPS) is 12.1. The molecule has 1 unspecified atom stereocenters. The predicted octanol–water partition coefficient (Wildman–Crippen LogP) is 3.94. The van der Waals surface area contributed by atoms with Crippen LogP contribution in [0.5, 0.6) is 0 Å². The summed E-state index contributed by atoms with van der Waals surface area (Å²) in [5.74, 6) is 0.679. The number of anilines is 1. The maximum absolute atomic E-state index is 3.53. The summed E-state index contributed by atoms with van der Waals surface area (Å²) in [6.45, 7) is 5.45. The summed E-state index contributed by atoms with van der Waals surface area (Å²) in [6, 6.07) is 21.2. The van der Waals surface area contributed by atoms with Crippen LogP contribution in [0.2, 0.25) is 0 Å². The second-order valence-corrected chi connectivity index (χ2v) is 5.77. The summed E-state index contributed by atoms with van der Waals surface area (Å²) in [6.07, 6.45) is 1.20. The molecule has 1 N–H and O–H groups in total. The molecule has 2 aromatic rings. The Morgan fingerprint density at radius 3 is 2.24 bits per heavy atom. The lowest BCUT2D eigenvalue weighted by Crippen LogP contribution is -2.26. The third kappa shape index (κ3) is 5.60. The quantitative estimate of drug-likeness (QED) is 0.738. The molecule has 0 aromatic heterocycles. The molecule has 1 atom stereocenters. The van der Waals surface area contributed by atoms with Gasteiger partial charge in [-0.25, -0.2) is 0 Å². The maximum atomic E-state index is 3.53. The lowest BCUT2D eigenvalue weighted by molar-refractivity contribution is 0.501. The number of hydrogen-bond acceptors (Lipinski definition) is 2. The van der Waals surface area contributed by atoms with Crippen molar-refractivity contribution >= 4 is 5.69 Å². The van der Waals surface area contributed by atoms with Crippen molar-refractivity contribution in [3.63, 3.8) is 0 Å². The van der Waals surface area contributed by atoms with Crippen LogP contribution in [0.15, 0.2) is 60.7 Å². The zero-order valence-electron chi connectivity index (χ0n) is 13.1. The van der Waals surface area contributed by atoms with Crippen molar-refractivity contribution < 1.29 is 0 Å². The molecule has 0 bridgehead atoms. The monoisotopic (exact) mass is 282 g/mol. The third-order valence-electron chi connectivity index (χ3n) is 3.77. The van der Waals surface area contributed by atoms with Crippen LogP contribution in [0.1, 0.15) is 18.9 Å². The van der Waals surface area contributed by atoms with Gasteiger partial charge in [0.1, 0.15) is 0 Å². The number of rotatable bonds is 8. The van der Waals surface area contributed by atoms with E-state index >= 15 is 0 Å². The Morgan fingerprint density at radius 2 is 1.57 bits per heavy atom. The first kappa shape index (κ1) is 15.6. The van der Waals surface area contributed by atoms with Crippen LogP contribution in [0.4, 0.5) is 5.69 Å². The SMILES string of the molecule is CC(CCNCc1ccccc1)CN(C)c1ccccc1. The fourth-order valence-electron chi connectivity index (χ4n) is 2.52. The van der Waals surface area contributed by atoms with Gasteiger partial charge < -0.3 is 10.2 Å². The number of benzene rings is 2. The van der Waals surface area contributed by atoms with Gasteiger partial charge in [-0.05, 0) is 36.6 Å². The molecule has 0 radical (unpaired) electrons. The Morgan fingerprint density at radius 1 is 0.952 bits per heavy atom. The van der Waals surface area contributed by atoms with Crippen molar-refractivity contribution in [1.29, 1.82) is 0 Å². The molecule has 112 valence electrons. The van der Waals surface area contributed by atoms with Crippen molar-refractivity contribution in [3.8, 4) is 0 Å². The minimum atomic E-state index is 0.679. The minimum Gasteiger partial charge on any atom is -0.374 e. The molecule has 0 saturated carbocycles. The lowest BCUT2D eigenvalue weighted by atomic mass is 10.1. The van der Waals surface area contributed by atoms with Gasteiger partial charge in [0, 0.05) is 25.8 Å². The highest BCUT2D eigenvalue weighted by molar-refractivity contribution is 5.44. The van der Waals surface area contributed by atoms with Crippen LogP contribution >= 0.6 is 0 Å². The highest BCUT2D eigenvalue weighted by Gasteiger charge is 2.06. The molecule has 0 saturated heterocycles. The van der Waals surface area contributed by atoms with Gasteiger partial charge >= 0.3 is 0 Å². The Kier molecular flexibility index (Phi) is 6.29. The minimum absolute atomic E-state index is 0.679. The third-order valence-corrected chi connectivity index (χ3v) is 3.77. The molecule has 0 aliphatic heterocycles. The molecule has 0 aliphatic carbocycles. The first-order valence-electron chi connectivity index (χ1n) is 7.76. The van der Waals surface area contributed by atoms with Crippen LogP contribution in [0.3, 0.4) is 0 Å². The molecule has 0 spiro atoms. The molecule has 2 nitrogen and oxygen atoms in total. The number of nitrogens with one attached hydrogen (secondary N) is 1. The molecule has 2 heteroatoms. The summed E-state index contributed by atoms with van der Waals surface area (Å²) in [5.41, 5.74) is 2.65. The molecule has 0 fully saturated rings. The van der Waals surface area contributed by atoms with E-state index in [9.17, 15) is 0 Å². The van der Waals surface area contributed by atoms with Crippen LogP contribution in [0.25, 0.3) is 0 Å². The fraction of sp³-hybridized carbons (Fsp3) is 0.368. The van der Waals surface area contributed by atoms with Crippen molar-refractivity contribution in [2.45, 2.75) is 19.9 Å². The zero-order chi connectivity index (χ0) is 14.9. The van der Waals surface area contributed by atoms with E-state index in [2.05, 4.69) is 84.9 Å². The van der Waals surface area contributed by atoms with E-state index in [1.165, 1.54) is 17.7 Å². The fourth-order valence-corrected chi connectivity index (χ4v) is 2.52. The maximum Gasteiger partial charge on any atom is 0.0363 e. The average molecular weight is 282 g/mol. The van der Waals surface area contributed by atoms with Gasteiger partial charge in [0.25, 0.3) is 0 Å². The van der Waals surface area contributed by atoms with Crippen LogP contribution in [-0.4, -0.2) is 20.1 Å². The van der Waals surface area contributed by atoms with Crippen molar-refractivity contribution in [2.75, 3.05) is 25.0 Å². The van der Waals surface area contributed by atoms with E-state index in [1.54, 1.807) is 0 Å². The Labute approximate surface area is 128 Å². The molecule has 2 aromatic carbocycles. The van der Waals surface area contributed by atoms with Gasteiger partial charge in [-0.15, -0.1) is 0 Å². The van der Waals surface area contributed by atoms with Gasteiger partial charge in [-0.1, -0.05) is 55.5 Å². The molecule has 2 rings (SSSR count). The lowest BCUT2D eigenvalue weighted by Gasteiger charge is -2.23. The van der Waals surface area contributed by atoms with E-state index < -0.39 is 0 Å². The topological polar surface area (TPSA) is 15.3 Å². The smallest absolute Gasteiger partial charge is 0.0363 e. The van der Waals surface area contributed by atoms with E-state index in [-0.39, 0.29) is 0 Å². The van der Waals surface area contributed by atoms with Gasteiger partial charge in [-0.2, -0.15) is 0 Å². The summed E-state index contributed by atoms with van der Waals surface area (Å²) in [5, 5.41) is 3.53. The van der Waals surface area contributed by atoms with Gasteiger partial charge in [0.2, 0.25) is 0 Å². The number of para-hydroxylation sites is 1. The van der Waals surface area contributed by atoms with Crippen LogP contribution < -0.4 is 10.2 Å². The molecule has 21 heavy (non-hydrogen) atoms. The van der Waals surface area contributed by atoms with E-state index in [1.807, 2.05) is 0 Å². The molecule has 0 aliphatic rings. The molecular formula is C19H26N2. The molecular weight excluding hydrogens is 256 g/mol. The average Bonchev–Trinajstić information content (AvgIpc) is 2.53. The first-order valence-corrected chi connectivity index (χ1v) is 7.76. The second kappa shape index (κ2) is 8.48. The van der Waals surface area contributed by atoms with Crippen molar-refractivity contribution in [2.24, 2.45) is 5.92 Å². The standard InChI is InChI=1S/C19H26N2/c1-17(16-21(2)19-11-7-4-8-12-19)13-14-20-15-18-9-5-3-6-10-18/h3-12,17,20H,13-16H2,1-2H3. The Hall–Kier alpha value is -1.80. The predicted molar refractivity (Wildman–Crippen MR) is 91.6 cm³/mol. The highest BCUT2D eigenvalue weighted by atomic mass is 15.1. The first-order chi connectivity index (χ1) is 10.3. The van der Waals surface area contributed by atoms with E-state index in [0.717, 1.165) is 19.6 Å². The van der Waals surface area contributed by atoms with Crippen LogP contribution in [0, 0.1) is 5.92 Å². The largest absolute Gasteiger partial charge is 0.374 e. The van der Waals surface area contributed by atoms with Gasteiger partial charge in [0.15, 0.2) is 0 Å². The molecule has 0 amide bonds. The van der Waals surface area contributed by atoms with Crippen molar-refractivity contribution in [1.82, 2.24) is 5.32 Å². The van der Waals surface area contributed by atoms with Gasteiger partial charge in [-0.3, -0.25) is 0 Å². The highest BCUT2D eigenvalue weighted by Crippen LogP contribution is 2.14. The summed E-state index contributed by atoms with van der Waals surface area (Å²) in [4.78, 5) is 2.34.